The zero-order chi connectivity index (χ0) is 9.84. The van der Waals surface area contributed by atoms with Gasteiger partial charge < -0.3 is 10.2 Å². The standard InChI is InChI=1S/C8H8FNO3/c9-5-2-1-3-10-8(5)6(11)4-7(12)13/h1-3,6,11H,4H2,(H,12,13). The van der Waals surface area contributed by atoms with Crippen molar-refractivity contribution in [2.24, 2.45) is 0 Å². The molecule has 0 bridgehead atoms. The van der Waals surface area contributed by atoms with Crippen molar-refractivity contribution in [3.05, 3.63) is 29.8 Å². The minimum atomic E-state index is -1.39. The van der Waals surface area contributed by atoms with Crippen LogP contribution < -0.4 is 0 Å². The number of carbonyl (C=O) groups is 1. The molecule has 70 valence electrons. The summed E-state index contributed by atoms with van der Waals surface area (Å²) in [5, 5.41) is 17.5. The van der Waals surface area contributed by atoms with Crippen LogP contribution in [0.25, 0.3) is 0 Å². The van der Waals surface area contributed by atoms with Gasteiger partial charge in [-0.05, 0) is 12.1 Å². The predicted molar refractivity (Wildman–Crippen MR) is 41.4 cm³/mol. The van der Waals surface area contributed by atoms with Crippen LogP contribution in [-0.2, 0) is 4.79 Å². The van der Waals surface area contributed by atoms with Crippen LogP contribution in [0.4, 0.5) is 4.39 Å². The van der Waals surface area contributed by atoms with Crippen LogP contribution in [0.1, 0.15) is 18.2 Å². The highest BCUT2D eigenvalue weighted by molar-refractivity contribution is 5.67. The molecule has 0 aliphatic heterocycles. The number of hydrogen-bond donors (Lipinski definition) is 2. The van der Waals surface area contributed by atoms with Crippen molar-refractivity contribution in [3.63, 3.8) is 0 Å². The lowest BCUT2D eigenvalue weighted by Gasteiger charge is -2.06. The van der Waals surface area contributed by atoms with Gasteiger partial charge in [0.25, 0.3) is 0 Å². The van der Waals surface area contributed by atoms with Crippen molar-refractivity contribution in [1.29, 1.82) is 0 Å². The average Bonchev–Trinajstić information content (AvgIpc) is 2.03. The summed E-state index contributed by atoms with van der Waals surface area (Å²) in [4.78, 5) is 13.7. The Hall–Kier alpha value is -1.49. The van der Waals surface area contributed by atoms with Crippen LogP contribution in [0.2, 0.25) is 0 Å². The normalized spacial score (nSPS) is 12.5. The molecule has 1 rings (SSSR count). The summed E-state index contributed by atoms with van der Waals surface area (Å²) in [5.74, 6) is -1.89. The Kier molecular flexibility index (Phi) is 2.92. The highest BCUT2D eigenvalue weighted by Gasteiger charge is 2.16. The van der Waals surface area contributed by atoms with Gasteiger partial charge >= 0.3 is 5.97 Å². The van der Waals surface area contributed by atoms with Crippen molar-refractivity contribution >= 4 is 5.97 Å². The van der Waals surface area contributed by atoms with E-state index in [-0.39, 0.29) is 5.69 Å². The van der Waals surface area contributed by atoms with Gasteiger partial charge in [-0.1, -0.05) is 0 Å². The number of carboxylic acids is 1. The Balaban J connectivity index is 2.82. The van der Waals surface area contributed by atoms with E-state index in [1.54, 1.807) is 0 Å². The van der Waals surface area contributed by atoms with E-state index in [2.05, 4.69) is 4.98 Å². The second kappa shape index (κ2) is 3.95. The first kappa shape index (κ1) is 9.60. The molecule has 0 saturated heterocycles. The number of carboxylic acid groups (broad SMARTS) is 1. The minimum Gasteiger partial charge on any atom is -0.481 e. The molecule has 0 aliphatic rings. The fraction of sp³-hybridized carbons (Fsp3) is 0.250. The number of halogens is 1. The van der Waals surface area contributed by atoms with Gasteiger partial charge in [0, 0.05) is 6.20 Å². The van der Waals surface area contributed by atoms with Crippen molar-refractivity contribution in [3.8, 4) is 0 Å². The number of aliphatic carboxylic acids is 1. The molecule has 2 N–H and O–H groups in total. The molecule has 0 spiro atoms. The largest absolute Gasteiger partial charge is 0.481 e. The van der Waals surface area contributed by atoms with Gasteiger partial charge in [-0.3, -0.25) is 9.78 Å². The van der Waals surface area contributed by atoms with Gasteiger partial charge in [-0.2, -0.15) is 0 Å². The maximum absolute atomic E-state index is 12.9. The fourth-order valence-electron chi connectivity index (χ4n) is 0.905. The molecular weight excluding hydrogens is 177 g/mol. The number of aromatic nitrogens is 1. The van der Waals surface area contributed by atoms with E-state index in [0.717, 1.165) is 6.07 Å². The van der Waals surface area contributed by atoms with Crippen LogP contribution in [0.3, 0.4) is 0 Å². The highest BCUT2D eigenvalue weighted by Crippen LogP contribution is 2.16. The Morgan fingerprint density at radius 2 is 2.38 bits per heavy atom. The SMILES string of the molecule is O=C(O)CC(O)c1ncccc1F. The third-order valence-electron chi connectivity index (χ3n) is 1.47. The van der Waals surface area contributed by atoms with E-state index in [9.17, 15) is 14.3 Å². The van der Waals surface area contributed by atoms with E-state index in [4.69, 9.17) is 5.11 Å². The number of nitrogens with zero attached hydrogens (tertiary/aromatic N) is 1. The average molecular weight is 185 g/mol. The number of aliphatic hydroxyl groups excluding tert-OH is 1. The van der Waals surface area contributed by atoms with Gasteiger partial charge in [0.2, 0.25) is 0 Å². The molecule has 1 unspecified atom stereocenters. The fourth-order valence-corrected chi connectivity index (χ4v) is 0.905. The first-order chi connectivity index (χ1) is 6.11. The lowest BCUT2D eigenvalue weighted by molar-refractivity contribution is -0.139. The molecule has 1 heterocycles. The van der Waals surface area contributed by atoms with E-state index in [1.807, 2.05) is 0 Å². The van der Waals surface area contributed by atoms with Gasteiger partial charge in [-0.15, -0.1) is 0 Å². The molecule has 0 amide bonds. The molecule has 0 fully saturated rings. The summed E-state index contributed by atoms with van der Waals surface area (Å²) in [6, 6.07) is 2.49. The summed E-state index contributed by atoms with van der Waals surface area (Å²) in [6.07, 6.45) is -0.643. The lowest BCUT2D eigenvalue weighted by Crippen LogP contribution is -2.08. The van der Waals surface area contributed by atoms with Crippen molar-refractivity contribution < 1.29 is 19.4 Å². The Bertz CT molecular complexity index is 316. The molecule has 0 radical (unpaired) electrons. The second-order valence-corrected chi connectivity index (χ2v) is 2.48. The maximum Gasteiger partial charge on any atom is 0.306 e. The summed E-state index contributed by atoms with van der Waals surface area (Å²) in [6.45, 7) is 0. The van der Waals surface area contributed by atoms with Gasteiger partial charge in [0.15, 0.2) is 0 Å². The predicted octanol–water partition coefficient (Wildman–Crippen LogP) is 0.729. The molecule has 0 saturated carbocycles. The zero-order valence-corrected chi connectivity index (χ0v) is 6.64. The first-order valence-corrected chi connectivity index (χ1v) is 3.61. The Morgan fingerprint density at radius 1 is 1.69 bits per heavy atom. The molecule has 1 aromatic heterocycles. The Morgan fingerprint density at radius 3 is 2.92 bits per heavy atom. The topological polar surface area (TPSA) is 70.4 Å². The smallest absolute Gasteiger partial charge is 0.306 e. The van der Waals surface area contributed by atoms with Gasteiger partial charge in [0.05, 0.1) is 6.42 Å². The van der Waals surface area contributed by atoms with E-state index in [0.29, 0.717) is 0 Å². The third-order valence-corrected chi connectivity index (χ3v) is 1.47. The molecule has 0 aromatic carbocycles. The van der Waals surface area contributed by atoms with Crippen LogP contribution in [-0.4, -0.2) is 21.2 Å². The first-order valence-electron chi connectivity index (χ1n) is 3.61. The lowest BCUT2D eigenvalue weighted by atomic mass is 10.1. The zero-order valence-electron chi connectivity index (χ0n) is 6.64. The molecular formula is C8H8FNO3. The van der Waals surface area contributed by atoms with Crippen LogP contribution in [0.15, 0.2) is 18.3 Å². The number of pyridine rings is 1. The summed E-state index contributed by atoms with van der Waals surface area (Å²) in [5.41, 5.74) is -0.232. The van der Waals surface area contributed by atoms with Gasteiger partial charge in [-0.25, -0.2) is 4.39 Å². The highest BCUT2D eigenvalue weighted by atomic mass is 19.1. The molecule has 5 heteroatoms. The molecule has 1 atom stereocenters. The molecule has 13 heavy (non-hydrogen) atoms. The van der Waals surface area contributed by atoms with E-state index < -0.39 is 24.3 Å². The molecule has 4 nitrogen and oxygen atoms in total. The van der Waals surface area contributed by atoms with Crippen molar-refractivity contribution in [2.45, 2.75) is 12.5 Å². The number of hydrogen-bond acceptors (Lipinski definition) is 3. The quantitative estimate of drug-likeness (QED) is 0.728. The van der Waals surface area contributed by atoms with Crippen LogP contribution in [0.5, 0.6) is 0 Å². The van der Waals surface area contributed by atoms with Gasteiger partial charge in [0.1, 0.15) is 17.6 Å². The number of aliphatic hydroxyl groups is 1. The van der Waals surface area contributed by atoms with Crippen molar-refractivity contribution in [1.82, 2.24) is 4.98 Å². The van der Waals surface area contributed by atoms with Crippen LogP contribution in [0, 0.1) is 5.82 Å². The Labute approximate surface area is 73.7 Å². The second-order valence-electron chi connectivity index (χ2n) is 2.48. The minimum absolute atomic E-state index is 0.232. The monoisotopic (exact) mass is 185 g/mol. The summed E-state index contributed by atoms with van der Waals surface area (Å²) >= 11 is 0. The van der Waals surface area contributed by atoms with Crippen LogP contribution >= 0.6 is 0 Å². The maximum atomic E-state index is 12.9. The third kappa shape index (κ3) is 2.48. The van der Waals surface area contributed by atoms with E-state index in [1.165, 1.54) is 12.3 Å². The van der Waals surface area contributed by atoms with Crippen molar-refractivity contribution in [2.75, 3.05) is 0 Å². The number of rotatable bonds is 3. The molecule has 1 aromatic rings. The molecule has 0 aliphatic carbocycles. The summed E-state index contributed by atoms with van der Waals surface area (Å²) in [7, 11) is 0. The summed E-state index contributed by atoms with van der Waals surface area (Å²) < 4.78 is 12.9. The van der Waals surface area contributed by atoms with E-state index >= 15 is 0 Å².